The van der Waals surface area contributed by atoms with Crippen LogP contribution in [-0.2, 0) is 23.2 Å². The molecule has 0 aromatic carbocycles. The number of aromatic nitrogens is 3. The quantitative estimate of drug-likeness (QED) is 0.514. The molecule has 0 aliphatic rings. The van der Waals surface area contributed by atoms with Crippen LogP contribution in [0.2, 0.25) is 0 Å². The van der Waals surface area contributed by atoms with Gasteiger partial charge in [0, 0.05) is 18.7 Å². The van der Waals surface area contributed by atoms with Gasteiger partial charge < -0.3 is 9.04 Å². The highest BCUT2D eigenvalue weighted by Crippen LogP contribution is 2.09. The molecule has 1 aromatic heterocycles. The molecule has 0 amide bonds. The Morgan fingerprint density at radius 3 is 2.60 bits per heavy atom. The zero-order valence-corrected chi connectivity index (χ0v) is 13.4. The number of nitrogens with zero attached hydrogens (tertiary/aromatic N) is 4. The lowest BCUT2D eigenvalue weighted by molar-refractivity contribution is -0.903. The van der Waals surface area contributed by atoms with Gasteiger partial charge in [-0.1, -0.05) is 19.1 Å². The Kier molecular flexibility index (Phi) is 5.67. The molecule has 0 unspecified atom stereocenters. The number of rotatable bonds is 8. The summed E-state index contributed by atoms with van der Waals surface area (Å²) >= 11 is 0. The molecular formula is C12H24N4O3S. The predicted octanol–water partition coefficient (Wildman–Crippen LogP) is 0.446. The van der Waals surface area contributed by atoms with Gasteiger partial charge >= 0.3 is 0 Å². The van der Waals surface area contributed by atoms with Crippen LogP contribution < -0.4 is 0 Å². The molecule has 0 aliphatic carbocycles. The maximum Gasteiger partial charge on any atom is 0.137 e. The fraction of sp³-hybridized carbons (Fsp3) is 0.833. The van der Waals surface area contributed by atoms with Crippen molar-refractivity contribution in [2.24, 2.45) is 5.92 Å². The molecule has 1 heterocycles. The molecule has 7 nitrogen and oxygen atoms in total. The average Bonchev–Trinajstić information content (AvgIpc) is 2.60. The Balaban J connectivity index is 2.50. The van der Waals surface area contributed by atoms with Crippen molar-refractivity contribution in [3.8, 4) is 0 Å². The second-order valence-electron chi connectivity index (χ2n) is 6.26. The van der Waals surface area contributed by atoms with Crippen molar-refractivity contribution in [1.82, 2.24) is 15.0 Å². The van der Waals surface area contributed by atoms with E-state index in [1.807, 2.05) is 25.0 Å². The summed E-state index contributed by atoms with van der Waals surface area (Å²) in [6.45, 7) is 6.33. The van der Waals surface area contributed by atoms with E-state index >= 15 is 0 Å². The Labute approximate surface area is 120 Å². The van der Waals surface area contributed by atoms with Crippen molar-refractivity contribution in [2.75, 3.05) is 26.4 Å². The highest BCUT2D eigenvalue weighted by Gasteiger charge is 2.18. The molecular weight excluding hydrogens is 280 g/mol. The third-order valence-electron chi connectivity index (χ3n) is 2.89. The first-order chi connectivity index (χ1) is 9.07. The van der Waals surface area contributed by atoms with Gasteiger partial charge in [0.2, 0.25) is 0 Å². The van der Waals surface area contributed by atoms with Crippen LogP contribution in [-0.4, -0.2) is 58.8 Å². The van der Waals surface area contributed by atoms with Gasteiger partial charge in [0.05, 0.1) is 37.0 Å². The Morgan fingerprint density at radius 1 is 1.40 bits per heavy atom. The van der Waals surface area contributed by atoms with Crippen molar-refractivity contribution in [1.29, 1.82) is 0 Å². The summed E-state index contributed by atoms with van der Waals surface area (Å²) in [5, 5.41) is 8.20. The molecule has 0 N–H and O–H groups in total. The van der Waals surface area contributed by atoms with E-state index in [0.29, 0.717) is 29.9 Å². The number of quaternary nitrogens is 1. The van der Waals surface area contributed by atoms with Gasteiger partial charge in [-0.25, -0.2) is 8.42 Å². The van der Waals surface area contributed by atoms with Gasteiger partial charge in [0.25, 0.3) is 0 Å². The van der Waals surface area contributed by atoms with E-state index in [9.17, 15) is 13.0 Å². The third kappa shape index (κ3) is 6.97. The standard InChI is InChI=1S/C12H24N4O3S/c1-11(2)8-15-9-12(13-14-15)10-16(3,4)6-5-7-20(17,18)19/h9,11H,5-8,10H2,1-4H3. The van der Waals surface area contributed by atoms with Gasteiger partial charge in [-0.2, -0.15) is 0 Å². The van der Waals surface area contributed by atoms with Crippen LogP contribution in [0.1, 0.15) is 26.0 Å². The third-order valence-corrected chi connectivity index (χ3v) is 3.67. The Hall–Kier alpha value is -0.990. The SMILES string of the molecule is CC(C)Cn1cc(C[N+](C)(C)CCCS(=O)(=O)[O-])nn1. The lowest BCUT2D eigenvalue weighted by atomic mass is 10.2. The highest BCUT2D eigenvalue weighted by atomic mass is 32.2. The van der Waals surface area contributed by atoms with E-state index in [2.05, 4.69) is 24.2 Å². The van der Waals surface area contributed by atoms with Crippen molar-refractivity contribution in [2.45, 2.75) is 33.4 Å². The predicted molar refractivity (Wildman–Crippen MR) is 74.7 cm³/mol. The van der Waals surface area contributed by atoms with Gasteiger partial charge in [0.15, 0.2) is 0 Å². The molecule has 0 atom stereocenters. The van der Waals surface area contributed by atoms with E-state index in [4.69, 9.17) is 0 Å². The minimum atomic E-state index is -4.12. The Bertz CT molecular complexity index is 523. The molecule has 20 heavy (non-hydrogen) atoms. The molecule has 0 aliphatic heterocycles. The molecule has 0 spiro atoms. The van der Waals surface area contributed by atoms with E-state index in [-0.39, 0.29) is 5.75 Å². The van der Waals surface area contributed by atoms with Crippen LogP contribution in [0, 0.1) is 5.92 Å². The second kappa shape index (κ2) is 6.64. The van der Waals surface area contributed by atoms with Crippen LogP contribution in [0.4, 0.5) is 0 Å². The van der Waals surface area contributed by atoms with Crippen molar-refractivity contribution in [3.05, 3.63) is 11.9 Å². The topological polar surface area (TPSA) is 87.9 Å². The minimum absolute atomic E-state index is 0.311. The summed E-state index contributed by atoms with van der Waals surface area (Å²) < 4.78 is 34.2. The maximum absolute atomic E-state index is 10.6. The first-order valence-electron chi connectivity index (χ1n) is 6.72. The number of hydrogen-bond acceptors (Lipinski definition) is 5. The van der Waals surface area contributed by atoms with Crippen LogP contribution in [0.15, 0.2) is 6.20 Å². The number of hydrogen-bond donors (Lipinski definition) is 0. The van der Waals surface area contributed by atoms with Crippen LogP contribution >= 0.6 is 0 Å². The average molecular weight is 304 g/mol. The largest absolute Gasteiger partial charge is 0.748 e. The Morgan fingerprint density at radius 2 is 2.05 bits per heavy atom. The van der Waals surface area contributed by atoms with E-state index in [1.165, 1.54) is 0 Å². The summed E-state index contributed by atoms with van der Waals surface area (Å²) in [7, 11) is -0.151. The zero-order valence-electron chi connectivity index (χ0n) is 12.6. The lowest BCUT2D eigenvalue weighted by Gasteiger charge is -2.28. The zero-order chi connectivity index (χ0) is 15.4. The fourth-order valence-corrected chi connectivity index (χ4v) is 2.54. The summed E-state index contributed by atoms with van der Waals surface area (Å²) in [6, 6.07) is 0. The first-order valence-corrected chi connectivity index (χ1v) is 8.30. The molecule has 0 fully saturated rings. The molecule has 0 radical (unpaired) electrons. The lowest BCUT2D eigenvalue weighted by Crippen LogP contribution is -2.40. The monoisotopic (exact) mass is 304 g/mol. The molecule has 1 aromatic rings. The first kappa shape index (κ1) is 17.1. The summed E-state index contributed by atoms with van der Waals surface area (Å²) in [6.07, 6.45) is 2.28. The van der Waals surface area contributed by atoms with Gasteiger partial charge in [-0.3, -0.25) is 4.68 Å². The van der Waals surface area contributed by atoms with E-state index in [0.717, 1.165) is 12.2 Å². The summed E-state index contributed by atoms with van der Waals surface area (Å²) in [5.41, 5.74) is 0.876. The highest BCUT2D eigenvalue weighted by molar-refractivity contribution is 7.85. The van der Waals surface area contributed by atoms with Gasteiger partial charge in [-0.05, 0) is 5.92 Å². The minimum Gasteiger partial charge on any atom is -0.748 e. The normalized spacial score (nSPS) is 13.1. The molecule has 0 bridgehead atoms. The van der Waals surface area contributed by atoms with Crippen LogP contribution in [0.5, 0.6) is 0 Å². The van der Waals surface area contributed by atoms with Crippen molar-refractivity contribution in [3.63, 3.8) is 0 Å². The van der Waals surface area contributed by atoms with E-state index < -0.39 is 10.1 Å². The summed E-state index contributed by atoms with van der Waals surface area (Å²) in [5.74, 6) is 0.198. The van der Waals surface area contributed by atoms with Gasteiger partial charge in [-0.15, -0.1) is 5.10 Å². The molecule has 1 rings (SSSR count). The molecule has 116 valence electrons. The summed E-state index contributed by atoms with van der Waals surface area (Å²) in [4.78, 5) is 0. The smallest absolute Gasteiger partial charge is 0.137 e. The van der Waals surface area contributed by atoms with Crippen molar-refractivity contribution < 1.29 is 17.5 Å². The molecule has 0 saturated carbocycles. The molecule has 8 heteroatoms. The van der Waals surface area contributed by atoms with Gasteiger partial charge in [0.1, 0.15) is 12.2 Å². The molecule has 0 saturated heterocycles. The van der Waals surface area contributed by atoms with Crippen molar-refractivity contribution >= 4 is 10.1 Å². The van der Waals surface area contributed by atoms with Crippen LogP contribution in [0.25, 0.3) is 0 Å². The van der Waals surface area contributed by atoms with Crippen LogP contribution in [0.3, 0.4) is 0 Å². The second-order valence-corrected chi connectivity index (χ2v) is 7.78. The fourth-order valence-electron chi connectivity index (χ4n) is 2.06. The van der Waals surface area contributed by atoms with E-state index in [1.54, 1.807) is 0 Å². The maximum atomic E-state index is 10.6.